The van der Waals surface area contributed by atoms with Crippen LogP contribution in [0.5, 0.6) is 5.75 Å². The summed E-state index contributed by atoms with van der Waals surface area (Å²) in [5, 5.41) is 9.69. The van der Waals surface area contributed by atoms with E-state index in [0.29, 0.717) is 21.4 Å². The monoisotopic (exact) mass is 392 g/mol. The van der Waals surface area contributed by atoms with E-state index in [-0.39, 0.29) is 11.3 Å². The lowest BCUT2D eigenvalue weighted by molar-refractivity contribution is 0.0696. The highest BCUT2D eigenvalue weighted by Gasteiger charge is 2.23. The highest BCUT2D eigenvalue weighted by Crippen LogP contribution is 2.32. The van der Waals surface area contributed by atoms with E-state index < -0.39 is 17.9 Å². The van der Waals surface area contributed by atoms with Crippen LogP contribution in [0.15, 0.2) is 54.9 Å². The number of hydrogen-bond donors (Lipinski definition) is 1. The number of carboxylic acid groups (broad SMARTS) is 1. The van der Waals surface area contributed by atoms with Crippen molar-refractivity contribution < 1.29 is 19.0 Å². The van der Waals surface area contributed by atoms with Crippen molar-refractivity contribution >= 4 is 29.2 Å². The van der Waals surface area contributed by atoms with Crippen LogP contribution in [-0.2, 0) is 0 Å². The highest BCUT2D eigenvalue weighted by molar-refractivity contribution is 6.31. The average molecular weight is 393 g/mol. The molecule has 26 heavy (non-hydrogen) atoms. The molecule has 2 heterocycles. The largest absolute Gasteiger partial charge is 0.478 e. The molecule has 1 atom stereocenters. The van der Waals surface area contributed by atoms with E-state index in [0.717, 1.165) is 6.07 Å². The molecular weight excluding hydrogens is 382 g/mol. The van der Waals surface area contributed by atoms with Crippen molar-refractivity contribution in [2.75, 3.05) is 0 Å². The summed E-state index contributed by atoms with van der Waals surface area (Å²) in [6.07, 6.45) is 2.04. The van der Waals surface area contributed by atoms with E-state index in [2.05, 4.69) is 9.97 Å². The van der Waals surface area contributed by atoms with E-state index in [1.54, 1.807) is 24.3 Å². The number of carbonyl (C=O) groups is 1. The molecule has 0 saturated carbocycles. The quantitative estimate of drug-likeness (QED) is 0.675. The molecule has 0 amide bonds. The van der Waals surface area contributed by atoms with Gasteiger partial charge in [-0.1, -0.05) is 23.2 Å². The summed E-state index contributed by atoms with van der Waals surface area (Å²) in [5.41, 5.74) is 0.564. The molecule has 2 aromatic heterocycles. The third-order valence-electron chi connectivity index (χ3n) is 3.48. The Balaban J connectivity index is 2.03. The minimum atomic E-state index is -1.24. The Morgan fingerprint density at radius 1 is 1.15 bits per heavy atom. The maximum atomic E-state index is 14.3. The molecule has 5 nitrogen and oxygen atoms in total. The van der Waals surface area contributed by atoms with Gasteiger partial charge >= 0.3 is 5.97 Å². The number of rotatable bonds is 5. The van der Waals surface area contributed by atoms with Crippen molar-refractivity contribution in [2.24, 2.45) is 0 Å². The summed E-state index contributed by atoms with van der Waals surface area (Å²) in [4.78, 5) is 19.3. The van der Waals surface area contributed by atoms with Gasteiger partial charge in [0.15, 0.2) is 17.7 Å². The first-order valence-corrected chi connectivity index (χ1v) is 8.12. The molecule has 0 radical (unpaired) electrons. The summed E-state index contributed by atoms with van der Waals surface area (Å²) in [5.74, 6) is -2.21. The van der Waals surface area contributed by atoms with E-state index in [9.17, 15) is 9.18 Å². The Bertz CT molecular complexity index is 951. The summed E-state index contributed by atoms with van der Waals surface area (Å²) < 4.78 is 20.0. The predicted octanol–water partition coefficient (Wildman–Crippen LogP) is 4.79. The van der Waals surface area contributed by atoms with Crippen LogP contribution in [-0.4, -0.2) is 21.0 Å². The van der Waals surface area contributed by atoms with Crippen molar-refractivity contribution in [3.63, 3.8) is 0 Å². The maximum absolute atomic E-state index is 14.3. The van der Waals surface area contributed by atoms with Crippen LogP contribution in [0.1, 0.15) is 27.8 Å². The number of aromatic carboxylic acids is 1. The van der Waals surface area contributed by atoms with Gasteiger partial charge in [-0.3, -0.25) is 9.97 Å². The lowest BCUT2D eigenvalue weighted by atomic mass is 10.1. The first-order valence-electron chi connectivity index (χ1n) is 7.37. The van der Waals surface area contributed by atoms with Gasteiger partial charge in [0.05, 0.1) is 21.3 Å². The number of hydrogen-bond acceptors (Lipinski definition) is 4. The molecule has 0 aliphatic heterocycles. The number of carboxylic acids is 1. The SMILES string of the molecule is O=C(O)c1ccc(OC(c2ccc(Cl)cn2)c2ncccc2Cl)c(F)c1. The second-order valence-electron chi connectivity index (χ2n) is 5.22. The van der Waals surface area contributed by atoms with Gasteiger partial charge in [-0.05, 0) is 42.5 Å². The Hall–Kier alpha value is -2.70. The van der Waals surface area contributed by atoms with E-state index in [1.165, 1.54) is 24.5 Å². The molecular formula is C18H11Cl2FN2O3. The second kappa shape index (κ2) is 7.68. The first kappa shape index (κ1) is 18.1. The molecule has 3 rings (SSSR count). The molecule has 0 aliphatic rings. The Morgan fingerprint density at radius 2 is 1.96 bits per heavy atom. The fourth-order valence-electron chi connectivity index (χ4n) is 2.25. The molecule has 1 N–H and O–H groups in total. The predicted molar refractivity (Wildman–Crippen MR) is 94.3 cm³/mol. The third kappa shape index (κ3) is 3.92. The number of benzene rings is 1. The van der Waals surface area contributed by atoms with Crippen LogP contribution >= 0.6 is 23.2 Å². The molecule has 132 valence electrons. The highest BCUT2D eigenvalue weighted by atomic mass is 35.5. The minimum Gasteiger partial charge on any atom is -0.478 e. The van der Waals surface area contributed by atoms with Crippen molar-refractivity contribution in [3.8, 4) is 5.75 Å². The molecule has 8 heteroatoms. The fourth-order valence-corrected chi connectivity index (χ4v) is 2.58. The minimum absolute atomic E-state index is 0.154. The molecule has 1 unspecified atom stereocenters. The van der Waals surface area contributed by atoms with Gasteiger partial charge in [-0.25, -0.2) is 9.18 Å². The van der Waals surface area contributed by atoms with Gasteiger partial charge in [0.25, 0.3) is 0 Å². The van der Waals surface area contributed by atoms with Gasteiger partial charge in [-0.2, -0.15) is 0 Å². The smallest absolute Gasteiger partial charge is 0.335 e. The maximum Gasteiger partial charge on any atom is 0.335 e. The van der Waals surface area contributed by atoms with Crippen molar-refractivity contribution in [1.29, 1.82) is 0 Å². The summed E-state index contributed by atoms with van der Waals surface area (Å²) in [6.45, 7) is 0. The first-order chi connectivity index (χ1) is 12.5. The van der Waals surface area contributed by atoms with Gasteiger partial charge < -0.3 is 9.84 Å². The summed E-state index contributed by atoms with van der Waals surface area (Å²) in [6, 6.07) is 9.86. The van der Waals surface area contributed by atoms with Crippen LogP contribution in [0.25, 0.3) is 0 Å². The van der Waals surface area contributed by atoms with Crippen molar-refractivity contribution in [2.45, 2.75) is 6.10 Å². The van der Waals surface area contributed by atoms with Crippen LogP contribution in [0, 0.1) is 5.82 Å². The molecule has 3 aromatic rings. The van der Waals surface area contributed by atoms with Crippen LogP contribution in [0.4, 0.5) is 4.39 Å². The van der Waals surface area contributed by atoms with Crippen molar-refractivity contribution in [3.05, 3.63) is 87.7 Å². The second-order valence-corrected chi connectivity index (χ2v) is 6.06. The molecule has 0 fully saturated rings. The molecule has 0 aliphatic carbocycles. The van der Waals surface area contributed by atoms with Crippen LogP contribution in [0.3, 0.4) is 0 Å². The zero-order valence-electron chi connectivity index (χ0n) is 13.1. The summed E-state index contributed by atoms with van der Waals surface area (Å²) in [7, 11) is 0. The van der Waals surface area contributed by atoms with Crippen LogP contribution < -0.4 is 4.74 Å². The number of ether oxygens (including phenoxy) is 1. The molecule has 1 aromatic carbocycles. The van der Waals surface area contributed by atoms with Crippen LogP contribution in [0.2, 0.25) is 10.0 Å². The van der Waals surface area contributed by atoms with E-state index in [1.807, 2.05) is 0 Å². The van der Waals surface area contributed by atoms with Gasteiger partial charge in [0.1, 0.15) is 5.69 Å². The Morgan fingerprint density at radius 3 is 2.58 bits per heavy atom. The zero-order chi connectivity index (χ0) is 18.7. The number of aromatic nitrogens is 2. The lowest BCUT2D eigenvalue weighted by Gasteiger charge is -2.19. The van der Waals surface area contributed by atoms with E-state index in [4.69, 9.17) is 33.0 Å². The summed E-state index contributed by atoms with van der Waals surface area (Å²) >= 11 is 12.1. The molecule has 0 spiro atoms. The number of halogens is 3. The average Bonchev–Trinajstić information content (AvgIpc) is 2.62. The number of nitrogens with zero attached hydrogens (tertiary/aromatic N) is 2. The number of pyridine rings is 2. The zero-order valence-corrected chi connectivity index (χ0v) is 14.6. The van der Waals surface area contributed by atoms with Gasteiger partial charge in [0.2, 0.25) is 0 Å². The van der Waals surface area contributed by atoms with E-state index >= 15 is 0 Å². The lowest BCUT2D eigenvalue weighted by Crippen LogP contribution is -2.14. The third-order valence-corrected chi connectivity index (χ3v) is 4.02. The molecule has 0 saturated heterocycles. The van der Waals surface area contributed by atoms with Gasteiger partial charge in [-0.15, -0.1) is 0 Å². The topological polar surface area (TPSA) is 72.3 Å². The normalized spacial score (nSPS) is 11.8. The van der Waals surface area contributed by atoms with Crippen molar-refractivity contribution in [1.82, 2.24) is 9.97 Å². The fraction of sp³-hybridized carbons (Fsp3) is 0.0556. The Labute approximate surface area is 158 Å². The molecule has 0 bridgehead atoms. The Kier molecular flexibility index (Phi) is 5.35. The standard InChI is InChI=1S/C18H11Cl2FN2O3/c19-11-4-5-14(23-9-11)17(16-12(20)2-1-7-22-16)26-15-6-3-10(18(24)25)8-13(15)21/h1-9,17H,(H,24,25). The van der Waals surface area contributed by atoms with Gasteiger partial charge in [0, 0.05) is 12.4 Å².